The second-order valence-corrected chi connectivity index (χ2v) is 11.0. The average Bonchev–Trinajstić information content (AvgIpc) is 3.28. The third kappa shape index (κ3) is 5.74. The van der Waals surface area contributed by atoms with Gasteiger partial charge in [-0.2, -0.15) is 13.2 Å². The molecule has 0 amide bonds. The van der Waals surface area contributed by atoms with Gasteiger partial charge in [-0.1, -0.05) is 25.3 Å². The maximum Gasteiger partial charge on any atom is 0.416 e. The Morgan fingerprint density at radius 3 is 2.32 bits per heavy atom. The first-order valence-corrected chi connectivity index (χ1v) is 13.3. The number of aryl methyl sites for hydroxylation is 1. The SMILES string of the molecule is FC(F)(F)c1ccc2c(c1)CC[C@H]2N1CCN(Sc2ccc(OCC3CCCCC3)cc2)CC1. The fourth-order valence-electron chi connectivity index (χ4n) is 5.57. The van der Waals surface area contributed by atoms with Gasteiger partial charge < -0.3 is 4.74 Å². The highest BCUT2D eigenvalue weighted by molar-refractivity contribution is 7.97. The highest BCUT2D eigenvalue weighted by Gasteiger charge is 2.35. The largest absolute Gasteiger partial charge is 0.493 e. The first kappa shape index (κ1) is 24.0. The molecule has 1 atom stereocenters. The lowest BCUT2D eigenvalue weighted by molar-refractivity contribution is -0.137. The van der Waals surface area contributed by atoms with Crippen LogP contribution in [-0.4, -0.2) is 42.0 Å². The number of hydrogen-bond acceptors (Lipinski definition) is 4. The molecule has 3 nitrogen and oxygen atoms in total. The summed E-state index contributed by atoms with van der Waals surface area (Å²) in [5.74, 6) is 1.66. The summed E-state index contributed by atoms with van der Waals surface area (Å²) >= 11 is 1.78. The van der Waals surface area contributed by atoms with E-state index in [4.69, 9.17) is 4.74 Å². The van der Waals surface area contributed by atoms with Gasteiger partial charge in [0, 0.05) is 37.1 Å². The number of rotatable bonds is 6. The quantitative estimate of drug-likeness (QED) is 0.406. The molecule has 0 bridgehead atoms. The second-order valence-electron chi connectivity index (χ2n) is 9.81. The molecular weight excluding hydrogens is 457 g/mol. The smallest absolute Gasteiger partial charge is 0.416 e. The van der Waals surface area contributed by atoms with Crippen molar-refractivity contribution in [3.63, 3.8) is 0 Å². The Kier molecular flexibility index (Phi) is 7.42. The van der Waals surface area contributed by atoms with Gasteiger partial charge in [0.05, 0.1) is 12.2 Å². The molecule has 34 heavy (non-hydrogen) atoms. The van der Waals surface area contributed by atoms with Crippen molar-refractivity contribution in [2.45, 2.75) is 62.1 Å². The molecule has 3 aliphatic rings. The normalized spacial score (nSPS) is 22.6. The van der Waals surface area contributed by atoms with Crippen LogP contribution in [0.5, 0.6) is 5.75 Å². The minimum Gasteiger partial charge on any atom is -0.493 e. The van der Waals surface area contributed by atoms with Gasteiger partial charge in [-0.3, -0.25) is 4.90 Å². The predicted octanol–water partition coefficient (Wildman–Crippen LogP) is 6.98. The van der Waals surface area contributed by atoms with E-state index in [-0.39, 0.29) is 6.04 Å². The summed E-state index contributed by atoms with van der Waals surface area (Å²) in [7, 11) is 0. The zero-order chi connectivity index (χ0) is 23.5. The molecule has 0 aromatic heterocycles. The number of benzene rings is 2. The Bertz CT molecular complexity index is 951. The van der Waals surface area contributed by atoms with E-state index in [0.717, 1.165) is 62.5 Å². The number of ether oxygens (including phenoxy) is 1. The molecule has 1 saturated carbocycles. The average molecular weight is 491 g/mol. The standard InChI is InChI=1S/C27H33F3N2OS/c28-27(29,30)22-7-12-25-21(18-22)6-13-26(25)31-14-16-32(17-15-31)34-24-10-8-23(9-11-24)33-19-20-4-2-1-3-5-20/h7-12,18,20,26H,1-6,13-17,19H2/t26-/m1/s1. The maximum atomic E-state index is 13.0. The Hall–Kier alpha value is -1.70. The van der Waals surface area contributed by atoms with Crippen molar-refractivity contribution in [2.24, 2.45) is 5.92 Å². The fraction of sp³-hybridized carbons (Fsp3) is 0.556. The van der Waals surface area contributed by atoms with Crippen LogP contribution >= 0.6 is 11.9 Å². The molecule has 7 heteroatoms. The fourth-order valence-corrected chi connectivity index (χ4v) is 6.47. The zero-order valence-corrected chi connectivity index (χ0v) is 20.3. The molecule has 5 rings (SSSR count). The number of hydrogen-bond donors (Lipinski definition) is 0. The highest BCUT2D eigenvalue weighted by Crippen LogP contribution is 2.40. The molecule has 0 spiro atoms. The first-order chi connectivity index (χ1) is 16.5. The van der Waals surface area contributed by atoms with E-state index in [1.807, 2.05) is 0 Å². The molecule has 1 saturated heterocycles. The topological polar surface area (TPSA) is 15.7 Å². The molecule has 1 aliphatic heterocycles. The van der Waals surface area contributed by atoms with Crippen molar-refractivity contribution in [3.05, 3.63) is 59.2 Å². The van der Waals surface area contributed by atoms with Crippen molar-refractivity contribution in [1.82, 2.24) is 9.21 Å². The Labute approximate surface area is 204 Å². The molecule has 1 heterocycles. The van der Waals surface area contributed by atoms with Crippen molar-refractivity contribution in [3.8, 4) is 5.75 Å². The molecule has 0 unspecified atom stereocenters. The van der Waals surface area contributed by atoms with Gasteiger partial charge >= 0.3 is 6.18 Å². The summed E-state index contributed by atoms with van der Waals surface area (Å²) in [5, 5.41) is 0. The van der Waals surface area contributed by atoms with E-state index in [1.165, 1.54) is 49.1 Å². The third-order valence-electron chi connectivity index (χ3n) is 7.50. The van der Waals surface area contributed by atoms with Crippen LogP contribution in [0.1, 0.15) is 61.3 Å². The van der Waals surface area contributed by atoms with Gasteiger partial charge in [0.15, 0.2) is 0 Å². The van der Waals surface area contributed by atoms with Crippen molar-refractivity contribution in [1.29, 1.82) is 0 Å². The molecular formula is C27H33F3N2OS. The van der Waals surface area contributed by atoms with E-state index < -0.39 is 11.7 Å². The summed E-state index contributed by atoms with van der Waals surface area (Å²) < 4.78 is 47.5. The minimum atomic E-state index is -4.27. The Balaban J connectivity index is 1.10. The number of alkyl halides is 3. The van der Waals surface area contributed by atoms with Gasteiger partial charge in [-0.25, -0.2) is 4.31 Å². The van der Waals surface area contributed by atoms with Crippen molar-refractivity contribution >= 4 is 11.9 Å². The van der Waals surface area contributed by atoms with Crippen LogP contribution in [0.2, 0.25) is 0 Å². The summed E-state index contributed by atoms with van der Waals surface area (Å²) in [6.07, 6.45) is 4.00. The van der Waals surface area contributed by atoms with Crippen molar-refractivity contribution in [2.75, 3.05) is 32.8 Å². The van der Waals surface area contributed by atoms with Crippen LogP contribution in [0, 0.1) is 5.92 Å². The minimum absolute atomic E-state index is 0.241. The van der Waals surface area contributed by atoms with E-state index >= 15 is 0 Å². The van der Waals surface area contributed by atoms with Crippen molar-refractivity contribution < 1.29 is 17.9 Å². The predicted molar refractivity (Wildman–Crippen MR) is 130 cm³/mol. The van der Waals surface area contributed by atoms with Crippen LogP contribution in [0.25, 0.3) is 0 Å². The van der Waals surface area contributed by atoms with Crippen LogP contribution in [-0.2, 0) is 12.6 Å². The molecule has 0 N–H and O–H groups in total. The monoisotopic (exact) mass is 490 g/mol. The summed E-state index contributed by atoms with van der Waals surface area (Å²) in [5.41, 5.74) is 1.42. The molecule has 184 valence electrons. The summed E-state index contributed by atoms with van der Waals surface area (Å²) in [6, 6.07) is 13.0. The Morgan fingerprint density at radius 1 is 0.882 bits per heavy atom. The van der Waals surface area contributed by atoms with E-state index in [9.17, 15) is 13.2 Å². The lowest BCUT2D eigenvalue weighted by Gasteiger charge is -2.37. The molecule has 2 aromatic carbocycles. The molecule has 2 aliphatic carbocycles. The Morgan fingerprint density at radius 2 is 1.62 bits per heavy atom. The summed E-state index contributed by atoms with van der Waals surface area (Å²) in [4.78, 5) is 3.66. The van der Waals surface area contributed by atoms with Gasteiger partial charge in [-0.05, 0) is 91.1 Å². The number of fused-ring (bicyclic) bond motifs is 1. The van der Waals surface area contributed by atoms with Gasteiger partial charge in [0.25, 0.3) is 0 Å². The second kappa shape index (κ2) is 10.5. The summed E-state index contributed by atoms with van der Waals surface area (Å²) in [6.45, 7) is 4.58. The van der Waals surface area contributed by atoms with Gasteiger partial charge in [0.2, 0.25) is 0 Å². The van der Waals surface area contributed by atoms with Gasteiger partial charge in [-0.15, -0.1) is 0 Å². The number of piperazine rings is 1. The van der Waals surface area contributed by atoms with E-state index in [2.05, 4.69) is 33.5 Å². The van der Waals surface area contributed by atoms with Crippen LogP contribution in [0.4, 0.5) is 13.2 Å². The molecule has 2 fully saturated rings. The zero-order valence-electron chi connectivity index (χ0n) is 19.5. The van der Waals surface area contributed by atoms with Crippen LogP contribution < -0.4 is 4.74 Å². The van der Waals surface area contributed by atoms with Crippen LogP contribution in [0.15, 0.2) is 47.4 Å². The van der Waals surface area contributed by atoms with E-state index in [1.54, 1.807) is 18.0 Å². The number of halogens is 3. The number of nitrogens with zero attached hydrogens (tertiary/aromatic N) is 2. The lowest BCUT2D eigenvalue weighted by Crippen LogP contribution is -2.44. The maximum absolute atomic E-state index is 13.0. The highest BCUT2D eigenvalue weighted by atomic mass is 32.2. The molecule has 0 radical (unpaired) electrons. The lowest BCUT2D eigenvalue weighted by atomic mass is 9.90. The van der Waals surface area contributed by atoms with E-state index in [0.29, 0.717) is 5.92 Å². The first-order valence-electron chi connectivity index (χ1n) is 12.6. The van der Waals surface area contributed by atoms with Crippen LogP contribution in [0.3, 0.4) is 0 Å². The molecule has 2 aromatic rings. The van der Waals surface area contributed by atoms with Gasteiger partial charge in [0.1, 0.15) is 5.75 Å². The third-order valence-corrected chi connectivity index (χ3v) is 8.61.